The molecule has 11 heavy (non-hydrogen) atoms. The third kappa shape index (κ3) is 1.94. The van der Waals surface area contributed by atoms with Gasteiger partial charge in [0, 0.05) is 6.04 Å². The average Bonchev–Trinajstić information content (AvgIpc) is 1.85. The predicted molar refractivity (Wildman–Crippen MR) is 46.7 cm³/mol. The van der Waals surface area contributed by atoms with Crippen molar-refractivity contribution in [1.82, 2.24) is 5.32 Å². The summed E-state index contributed by atoms with van der Waals surface area (Å²) < 4.78 is 5.55. The Morgan fingerprint density at radius 2 is 2.09 bits per heavy atom. The number of nitrogens with one attached hydrogen (secondary N) is 1. The van der Waals surface area contributed by atoms with Crippen LogP contribution in [-0.4, -0.2) is 25.8 Å². The second-order valence-electron chi connectivity index (χ2n) is 4.18. The summed E-state index contributed by atoms with van der Waals surface area (Å²) in [7, 11) is 2.01. The molecule has 1 rings (SSSR count). The zero-order valence-electron chi connectivity index (χ0n) is 7.98. The Balaban J connectivity index is 2.56. The minimum Gasteiger partial charge on any atom is -0.377 e. The lowest BCUT2D eigenvalue weighted by Gasteiger charge is -2.41. The summed E-state index contributed by atoms with van der Waals surface area (Å²) in [6.45, 7) is 7.60. The summed E-state index contributed by atoms with van der Waals surface area (Å²) in [5, 5.41) is 3.29. The Hall–Kier alpha value is -0.0800. The van der Waals surface area contributed by atoms with Crippen molar-refractivity contribution in [2.45, 2.75) is 39.3 Å². The second kappa shape index (κ2) is 3.11. The molecule has 2 nitrogen and oxygen atoms in total. The summed E-state index contributed by atoms with van der Waals surface area (Å²) in [6.07, 6.45) is 1.58. The summed E-state index contributed by atoms with van der Waals surface area (Å²) in [6, 6.07) is 0.513. The first-order valence-electron chi connectivity index (χ1n) is 4.35. The molecule has 1 aliphatic rings. The SMILES string of the molecule is CNC1COC(C)CC1(C)C. The molecule has 2 atom stereocenters. The van der Waals surface area contributed by atoms with Crippen LogP contribution < -0.4 is 5.32 Å². The number of hydrogen-bond acceptors (Lipinski definition) is 2. The molecule has 0 aliphatic carbocycles. The van der Waals surface area contributed by atoms with Gasteiger partial charge >= 0.3 is 0 Å². The van der Waals surface area contributed by atoms with Crippen LogP contribution in [0.25, 0.3) is 0 Å². The van der Waals surface area contributed by atoms with E-state index in [0.29, 0.717) is 17.6 Å². The first kappa shape index (κ1) is 9.01. The fourth-order valence-corrected chi connectivity index (χ4v) is 1.90. The maximum atomic E-state index is 5.55. The molecule has 2 unspecified atom stereocenters. The normalized spacial score (nSPS) is 37.1. The lowest BCUT2D eigenvalue weighted by molar-refractivity contribution is -0.0491. The van der Waals surface area contributed by atoms with Gasteiger partial charge in [0.25, 0.3) is 0 Å². The molecule has 1 aliphatic heterocycles. The van der Waals surface area contributed by atoms with Crippen LogP contribution in [0.1, 0.15) is 27.2 Å². The van der Waals surface area contributed by atoms with Crippen molar-refractivity contribution >= 4 is 0 Å². The molecule has 0 amide bonds. The van der Waals surface area contributed by atoms with Crippen LogP contribution in [0.2, 0.25) is 0 Å². The molecule has 0 spiro atoms. The zero-order valence-corrected chi connectivity index (χ0v) is 7.98. The van der Waals surface area contributed by atoms with Gasteiger partial charge in [-0.2, -0.15) is 0 Å². The van der Waals surface area contributed by atoms with E-state index < -0.39 is 0 Å². The monoisotopic (exact) mass is 157 g/mol. The highest BCUT2D eigenvalue weighted by Crippen LogP contribution is 2.32. The molecule has 1 N–H and O–H groups in total. The third-order valence-corrected chi connectivity index (χ3v) is 2.65. The summed E-state index contributed by atoms with van der Waals surface area (Å²) >= 11 is 0. The number of hydrogen-bond donors (Lipinski definition) is 1. The molecule has 1 saturated heterocycles. The number of ether oxygens (including phenoxy) is 1. The van der Waals surface area contributed by atoms with E-state index in [1.807, 2.05) is 7.05 Å². The topological polar surface area (TPSA) is 21.3 Å². The summed E-state index contributed by atoms with van der Waals surface area (Å²) in [5.74, 6) is 0. The molecule has 0 aromatic carbocycles. The Labute approximate surface area is 69.3 Å². The van der Waals surface area contributed by atoms with Crippen molar-refractivity contribution in [3.63, 3.8) is 0 Å². The third-order valence-electron chi connectivity index (χ3n) is 2.65. The lowest BCUT2D eigenvalue weighted by atomic mass is 9.78. The number of rotatable bonds is 1. The van der Waals surface area contributed by atoms with Crippen molar-refractivity contribution in [3.05, 3.63) is 0 Å². The molecule has 66 valence electrons. The average molecular weight is 157 g/mol. The highest BCUT2D eigenvalue weighted by Gasteiger charge is 2.34. The molecule has 0 bridgehead atoms. The van der Waals surface area contributed by atoms with Gasteiger partial charge in [0.15, 0.2) is 0 Å². The van der Waals surface area contributed by atoms with Crippen LogP contribution >= 0.6 is 0 Å². The van der Waals surface area contributed by atoms with Crippen LogP contribution in [0.5, 0.6) is 0 Å². The van der Waals surface area contributed by atoms with E-state index in [2.05, 4.69) is 26.1 Å². The Morgan fingerprint density at radius 3 is 2.55 bits per heavy atom. The smallest absolute Gasteiger partial charge is 0.0628 e. The summed E-state index contributed by atoms with van der Waals surface area (Å²) in [4.78, 5) is 0. The number of likely N-dealkylation sites (N-methyl/N-ethyl adjacent to an activating group) is 1. The highest BCUT2D eigenvalue weighted by molar-refractivity contribution is 4.88. The van der Waals surface area contributed by atoms with Gasteiger partial charge < -0.3 is 10.1 Å². The second-order valence-corrected chi connectivity index (χ2v) is 4.18. The van der Waals surface area contributed by atoms with Gasteiger partial charge in [-0.15, -0.1) is 0 Å². The van der Waals surface area contributed by atoms with Crippen molar-refractivity contribution in [3.8, 4) is 0 Å². The van der Waals surface area contributed by atoms with E-state index in [1.54, 1.807) is 0 Å². The van der Waals surface area contributed by atoms with E-state index in [4.69, 9.17) is 4.74 Å². The van der Waals surface area contributed by atoms with Crippen LogP contribution in [0, 0.1) is 5.41 Å². The fourth-order valence-electron chi connectivity index (χ4n) is 1.90. The van der Waals surface area contributed by atoms with E-state index in [9.17, 15) is 0 Å². The Morgan fingerprint density at radius 1 is 1.45 bits per heavy atom. The molecular formula is C9H19NO. The van der Waals surface area contributed by atoms with E-state index in [1.165, 1.54) is 0 Å². The molecule has 0 radical (unpaired) electrons. The molecule has 2 heteroatoms. The van der Waals surface area contributed by atoms with Crippen molar-refractivity contribution in [2.24, 2.45) is 5.41 Å². The van der Waals surface area contributed by atoms with Crippen molar-refractivity contribution in [1.29, 1.82) is 0 Å². The predicted octanol–water partition coefficient (Wildman–Crippen LogP) is 1.41. The van der Waals surface area contributed by atoms with Gasteiger partial charge in [0.05, 0.1) is 12.7 Å². The van der Waals surface area contributed by atoms with Crippen LogP contribution in [-0.2, 0) is 4.74 Å². The Bertz CT molecular complexity index is 134. The standard InChI is InChI=1S/C9H19NO/c1-7-5-9(2,3)8(10-4)6-11-7/h7-8,10H,5-6H2,1-4H3. The zero-order chi connectivity index (χ0) is 8.48. The van der Waals surface area contributed by atoms with Crippen LogP contribution in [0.4, 0.5) is 0 Å². The van der Waals surface area contributed by atoms with Crippen molar-refractivity contribution < 1.29 is 4.74 Å². The molecule has 0 aromatic rings. The molecule has 0 aromatic heterocycles. The minimum atomic E-state index is 0.381. The van der Waals surface area contributed by atoms with E-state index >= 15 is 0 Å². The fraction of sp³-hybridized carbons (Fsp3) is 1.00. The Kier molecular flexibility index (Phi) is 2.55. The quantitative estimate of drug-likeness (QED) is 0.621. The lowest BCUT2D eigenvalue weighted by Crippen LogP contribution is -2.49. The summed E-state index contributed by atoms with van der Waals surface area (Å²) in [5.41, 5.74) is 0.381. The van der Waals surface area contributed by atoms with Gasteiger partial charge in [-0.05, 0) is 25.8 Å². The highest BCUT2D eigenvalue weighted by atomic mass is 16.5. The first-order chi connectivity index (χ1) is 5.06. The molecule has 1 fully saturated rings. The molecular weight excluding hydrogens is 138 g/mol. The van der Waals surface area contributed by atoms with Gasteiger partial charge in [-0.1, -0.05) is 13.8 Å². The van der Waals surface area contributed by atoms with E-state index in [0.717, 1.165) is 13.0 Å². The van der Waals surface area contributed by atoms with Crippen molar-refractivity contribution in [2.75, 3.05) is 13.7 Å². The maximum absolute atomic E-state index is 5.55. The van der Waals surface area contributed by atoms with Crippen LogP contribution in [0.15, 0.2) is 0 Å². The van der Waals surface area contributed by atoms with Crippen LogP contribution in [0.3, 0.4) is 0 Å². The van der Waals surface area contributed by atoms with Gasteiger partial charge in [0.2, 0.25) is 0 Å². The minimum absolute atomic E-state index is 0.381. The molecule has 1 heterocycles. The van der Waals surface area contributed by atoms with Gasteiger partial charge in [-0.25, -0.2) is 0 Å². The van der Waals surface area contributed by atoms with Gasteiger partial charge in [-0.3, -0.25) is 0 Å². The van der Waals surface area contributed by atoms with Gasteiger partial charge in [0.1, 0.15) is 0 Å². The maximum Gasteiger partial charge on any atom is 0.0628 e. The first-order valence-corrected chi connectivity index (χ1v) is 4.35. The largest absolute Gasteiger partial charge is 0.377 e. The van der Waals surface area contributed by atoms with E-state index in [-0.39, 0.29) is 0 Å². The molecule has 0 saturated carbocycles.